The molecular weight excluding hydrogens is 760 g/mol. The number of methoxy groups -OCH3 is 2. The number of hydrogen-bond acceptors (Lipinski definition) is 9. The zero-order valence-corrected chi connectivity index (χ0v) is 36.7. The summed E-state index contributed by atoms with van der Waals surface area (Å²) in [4.78, 5) is 31.1. The van der Waals surface area contributed by atoms with Crippen molar-refractivity contribution in [2.75, 3.05) is 85.2 Å². The van der Waals surface area contributed by atoms with Gasteiger partial charge in [-0.15, -0.1) is 0 Å². The Balaban J connectivity index is 1.42. The van der Waals surface area contributed by atoms with Gasteiger partial charge in [0.2, 0.25) is 0 Å². The first-order valence-corrected chi connectivity index (χ1v) is 22.6. The second-order valence-corrected chi connectivity index (χ2v) is 18.6. The third-order valence-electron chi connectivity index (χ3n) is 13.0. The van der Waals surface area contributed by atoms with Crippen molar-refractivity contribution in [3.8, 4) is 5.75 Å². The summed E-state index contributed by atoms with van der Waals surface area (Å²) in [6.07, 6.45) is 12.8. The van der Waals surface area contributed by atoms with Crippen LogP contribution in [-0.2, 0) is 31.7 Å². The fourth-order valence-corrected chi connectivity index (χ4v) is 10.3. The molecule has 1 N–H and O–H groups in total. The van der Waals surface area contributed by atoms with E-state index in [-0.39, 0.29) is 29.0 Å². The van der Waals surface area contributed by atoms with Gasteiger partial charge in [-0.25, -0.2) is 8.93 Å². The van der Waals surface area contributed by atoms with Crippen LogP contribution in [0.4, 0.5) is 5.69 Å². The summed E-state index contributed by atoms with van der Waals surface area (Å²) in [5.74, 6) is 1.74. The van der Waals surface area contributed by atoms with Crippen LogP contribution in [0, 0.1) is 17.8 Å². The van der Waals surface area contributed by atoms with Gasteiger partial charge in [0.25, 0.3) is 0 Å². The predicted octanol–water partition coefficient (Wildman–Crippen LogP) is 6.96. The maximum Gasteiger partial charge on any atom is 0.150 e. The van der Waals surface area contributed by atoms with Crippen molar-refractivity contribution in [3.63, 3.8) is 0 Å². The van der Waals surface area contributed by atoms with E-state index in [2.05, 4.69) is 57.6 Å². The Kier molecular flexibility index (Phi) is 17.6. The number of fused-ring (bicyclic) bond motifs is 1. The number of benzene rings is 2. The van der Waals surface area contributed by atoms with Gasteiger partial charge in [-0.2, -0.15) is 0 Å². The Labute approximate surface area is 349 Å². The zero-order valence-electron chi connectivity index (χ0n) is 35.1. The van der Waals surface area contributed by atoms with Gasteiger partial charge in [-0.1, -0.05) is 50.1 Å². The van der Waals surface area contributed by atoms with Crippen LogP contribution < -0.4 is 14.4 Å². The first-order chi connectivity index (χ1) is 27.6. The standard InChI is InChI=1S/C45H67ClN4O6S/c1-7-9-36-27-39(46)13-14-41(36)38-29-50(43-26-35(30-52)11-16-44(43)56-31-38)28-37-12-15-42(37)45(55-6,19-8-10-33(2)34(3)57(53)47-4)32-48-20-22-49(23-21-48)40(17-24-51)18-25-54-5/h8,11,13-14,16,19,24,26-27,30,33-34,37-38,40,42,47H,7,9-10,12,15,17-18,20-23,25,28-29,31-32H2,1-6H3/b19-8+. The molecule has 0 spiro atoms. The number of rotatable bonds is 22. The highest BCUT2D eigenvalue weighted by atomic mass is 35.5. The minimum absolute atomic E-state index is 0.00607. The van der Waals surface area contributed by atoms with Crippen LogP contribution >= 0.6 is 11.6 Å². The number of carbonyl (C=O) groups excluding carboxylic acids is 2. The van der Waals surface area contributed by atoms with E-state index in [0.717, 1.165) is 113 Å². The van der Waals surface area contributed by atoms with E-state index in [1.165, 1.54) is 11.1 Å². The lowest BCUT2D eigenvalue weighted by atomic mass is 9.63. The molecule has 12 heteroatoms. The zero-order chi connectivity index (χ0) is 41.0. The second-order valence-electron chi connectivity index (χ2n) is 16.4. The van der Waals surface area contributed by atoms with Crippen LogP contribution in [0.15, 0.2) is 48.6 Å². The monoisotopic (exact) mass is 826 g/mol. The smallest absolute Gasteiger partial charge is 0.150 e. The van der Waals surface area contributed by atoms with E-state index in [1.54, 1.807) is 14.2 Å². The highest BCUT2D eigenvalue weighted by molar-refractivity contribution is 7.83. The quantitative estimate of drug-likeness (QED) is 0.0998. The Morgan fingerprint density at radius 3 is 2.51 bits per heavy atom. The van der Waals surface area contributed by atoms with E-state index in [1.807, 2.05) is 38.3 Å². The molecule has 2 fully saturated rings. The van der Waals surface area contributed by atoms with E-state index in [0.29, 0.717) is 31.1 Å². The largest absolute Gasteiger partial charge is 0.491 e. The van der Waals surface area contributed by atoms with Crippen molar-refractivity contribution in [3.05, 3.63) is 70.3 Å². The number of nitrogens with one attached hydrogen (secondary N) is 1. The predicted molar refractivity (Wildman–Crippen MR) is 232 cm³/mol. The first-order valence-electron chi connectivity index (χ1n) is 21.0. The number of ether oxygens (including phenoxy) is 3. The van der Waals surface area contributed by atoms with Crippen molar-refractivity contribution >= 4 is 40.8 Å². The molecular formula is C45H67ClN4O6S. The van der Waals surface area contributed by atoms with Gasteiger partial charge in [0.05, 0.1) is 23.3 Å². The average molecular weight is 828 g/mol. The van der Waals surface area contributed by atoms with Gasteiger partial charge < -0.3 is 23.9 Å². The van der Waals surface area contributed by atoms with Gasteiger partial charge in [0.1, 0.15) is 23.9 Å². The molecule has 2 aliphatic heterocycles. The molecule has 3 aliphatic rings. The first kappa shape index (κ1) is 45.4. The van der Waals surface area contributed by atoms with Gasteiger partial charge in [0.15, 0.2) is 0 Å². The molecule has 2 heterocycles. The molecule has 2 aromatic rings. The Bertz CT molecular complexity index is 1660. The molecule has 0 amide bonds. The van der Waals surface area contributed by atoms with Crippen LogP contribution in [0.3, 0.4) is 0 Å². The molecule has 316 valence electrons. The summed E-state index contributed by atoms with van der Waals surface area (Å²) >= 11 is 6.51. The molecule has 2 aromatic carbocycles. The van der Waals surface area contributed by atoms with Gasteiger partial charge in [0, 0.05) is 101 Å². The van der Waals surface area contributed by atoms with E-state index in [9.17, 15) is 13.8 Å². The number of hydrogen-bond donors (Lipinski definition) is 1. The number of aldehydes is 2. The van der Waals surface area contributed by atoms with Crippen molar-refractivity contribution in [2.24, 2.45) is 17.8 Å². The highest BCUT2D eigenvalue weighted by Gasteiger charge is 2.48. The number of anilines is 1. The van der Waals surface area contributed by atoms with E-state index in [4.69, 9.17) is 25.8 Å². The van der Waals surface area contributed by atoms with Crippen LogP contribution in [0.1, 0.15) is 86.7 Å². The molecule has 0 bridgehead atoms. The maximum atomic E-state index is 12.6. The highest BCUT2D eigenvalue weighted by Crippen LogP contribution is 2.47. The molecule has 8 unspecified atom stereocenters. The summed E-state index contributed by atoms with van der Waals surface area (Å²) in [6, 6.07) is 12.2. The lowest BCUT2D eigenvalue weighted by Crippen LogP contribution is -2.59. The Morgan fingerprint density at radius 2 is 1.86 bits per heavy atom. The minimum Gasteiger partial charge on any atom is -0.491 e. The fourth-order valence-electron chi connectivity index (χ4n) is 9.22. The van der Waals surface area contributed by atoms with Crippen LogP contribution in [0.25, 0.3) is 0 Å². The molecule has 1 aliphatic carbocycles. The SMILES string of the molecule is CCCc1cc(Cl)ccc1C1COc2ccc(C=O)cc2N(CC2CCC2C(/C=C/CC(C)C(C)S(=O)NC)(CN2CCN(C(CC=O)CCOC)CC2)OC)C1. The van der Waals surface area contributed by atoms with Crippen molar-refractivity contribution < 1.29 is 28.0 Å². The third-order valence-corrected chi connectivity index (χ3v) is 14.7. The Morgan fingerprint density at radius 1 is 1.07 bits per heavy atom. The van der Waals surface area contributed by atoms with E-state index >= 15 is 0 Å². The lowest BCUT2D eigenvalue weighted by Gasteiger charge is -2.52. The molecule has 0 aromatic heterocycles. The van der Waals surface area contributed by atoms with E-state index < -0.39 is 16.6 Å². The van der Waals surface area contributed by atoms with Crippen molar-refractivity contribution in [2.45, 2.75) is 88.5 Å². The summed E-state index contributed by atoms with van der Waals surface area (Å²) in [7, 11) is 4.22. The van der Waals surface area contributed by atoms with Crippen LogP contribution in [-0.4, -0.2) is 124 Å². The fraction of sp³-hybridized carbons (Fsp3) is 0.644. The molecule has 0 radical (unpaired) electrons. The second kappa shape index (κ2) is 22.1. The molecule has 5 rings (SSSR count). The number of halogens is 1. The molecule has 57 heavy (non-hydrogen) atoms. The summed E-state index contributed by atoms with van der Waals surface area (Å²) in [5.41, 5.74) is 3.60. The Hall–Kier alpha value is -2.64. The molecule has 1 saturated carbocycles. The molecule has 10 nitrogen and oxygen atoms in total. The number of piperazine rings is 1. The van der Waals surface area contributed by atoms with Gasteiger partial charge in [-0.05, 0) is 105 Å². The number of aryl methyl sites for hydroxylation is 1. The van der Waals surface area contributed by atoms with Crippen LogP contribution in [0.2, 0.25) is 5.02 Å². The van der Waals surface area contributed by atoms with Gasteiger partial charge >= 0.3 is 0 Å². The van der Waals surface area contributed by atoms with Crippen LogP contribution in [0.5, 0.6) is 5.75 Å². The molecule has 8 atom stereocenters. The lowest BCUT2D eigenvalue weighted by molar-refractivity contribution is -0.109. The number of nitrogens with zero attached hydrogens (tertiary/aromatic N) is 3. The maximum absolute atomic E-state index is 12.6. The summed E-state index contributed by atoms with van der Waals surface area (Å²) < 4.78 is 34.2. The van der Waals surface area contributed by atoms with Crippen molar-refractivity contribution in [1.29, 1.82) is 0 Å². The summed E-state index contributed by atoms with van der Waals surface area (Å²) in [5, 5.41) is 0.757. The minimum atomic E-state index is -1.10. The topological polar surface area (TPSA) is 101 Å². The molecule has 1 saturated heterocycles. The van der Waals surface area contributed by atoms with Crippen molar-refractivity contribution in [1.82, 2.24) is 14.5 Å². The van der Waals surface area contributed by atoms with Gasteiger partial charge in [-0.3, -0.25) is 14.6 Å². The summed E-state index contributed by atoms with van der Waals surface area (Å²) in [6.45, 7) is 13.5. The average Bonchev–Trinajstić information content (AvgIpc) is 3.39. The number of allylic oxidation sites excluding steroid dienone is 1. The normalized spacial score (nSPS) is 23.7. The third kappa shape index (κ3) is 11.6. The number of carbonyl (C=O) groups is 2.